The van der Waals surface area contributed by atoms with Gasteiger partial charge in [0, 0.05) is 22.4 Å². The lowest BCUT2D eigenvalue weighted by Crippen LogP contribution is -2.38. The van der Waals surface area contributed by atoms with E-state index in [4.69, 9.17) is 9.97 Å². The van der Waals surface area contributed by atoms with Crippen molar-refractivity contribution in [2.24, 2.45) is 0 Å². The van der Waals surface area contributed by atoms with Crippen molar-refractivity contribution in [1.29, 1.82) is 0 Å². The molecule has 0 spiro atoms. The molecule has 292 valence electrons. The van der Waals surface area contributed by atoms with Gasteiger partial charge in [-0.1, -0.05) is 206 Å². The van der Waals surface area contributed by atoms with Crippen molar-refractivity contribution >= 4 is 17.1 Å². The first-order valence-electron chi connectivity index (χ1n) is 21.2. The van der Waals surface area contributed by atoms with E-state index in [-0.39, 0.29) is 0 Å². The van der Waals surface area contributed by atoms with Crippen LogP contribution < -0.4 is 4.90 Å². The summed E-state index contributed by atoms with van der Waals surface area (Å²) in [6.45, 7) is 0. The number of anilines is 3. The van der Waals surface area contributed by atoms with Gasteiger partial charge in [0.15, 0.2) is 5.82 Å². The first-order valence-corrected chi connectivity index (χ1v) is 21.2. The Kier molecular flexibility index (Phi) is 9.40. The second kappa shape index (κ2) is 15.8. The predicted octanol–water partition coefficient (Wildman–Crippen LogP) is 15.0. The van der Waals surface area contributed by atoms with E-state index in [2.05, 4.69) is 229 Å². The molecular formula is C59H41N3. The van der Waals surface area contributed by atoms with Gasteiger partial charge in [-0.25, -0.2) is 9.97 Å². The van der Waals surface area contributed by atoms with Crippen LogP contribution in [0.1, 0.15) is 22.3 Å². The highest BCUT2D eigenvalue weighted by Gasteiger charge is 2.47. The zero-order valence-corrected chi connectivity index (χ0v) is 34.0. The second-order valence-electron chi connectivity index (χ2n) is 15.8. The third kappa shape index (κ3) is 6.48. The van der Waals surface area contributed by atoms with Crippen molar-refractivity contribution in [3.05, 3.63) is 271 Å². The highest BCUT2D eigenvalue weighted by molar-refractivity contribution is 5.93. The van der Waals surface area contributed by atoms with Gasteiger partial charge in [-0.15, -0.1) is 0 Å². The van der Waals surface area contributed by atoms with Crippen LogP contribution in [0.2, 0.25) is 0 Å². The van der Waals surface area contributed by atoms with Gasteiger partial charge in [0.2, 0.25) is 0 Å². The van der Waals surface area contributed by atoms with Gasteiger partial charge in [0.05, 0.1) is 28.2 Å². The summed E-state index contributed by atoms with van der Waals surface area (Å²) in [5, 5.41) is 0. The lowest BCUT2D eigenvalue weighted by Gasteiger charge is -2.47. The average molecular weight is 792 g/mol. The standard InChI is InChI=1S/C59H41N3/c1-7-20-42(21-8-1)46-34-36-56-52(39-46)59(49-29-15-5-16-30-49,50-31-17-6-18-32-50)53-40-47(43-22-9-2-10-23-43)35-37-57(53)62(56)51-33-19-28-48(38-51)55-41-54(44-24-11-3-12-25-44)60-58(61-55)45-26-13-4-14-27-45/h1-41H. The fraction of sp³-hybridized carbons (Fsp3) is 0.0169. The van der Waals surface area contributed by atoms with Gasteiger partial charge in [0.1, 0.15) is 0 Å². The summed E-state index contributed by atoms with van der Waals surface area (Å²) in [6, 6.07) is 89.2. The molecule has 0 unspecified atom stereocenters. The minimum atomic E-state index is -0.668. The number of aromatic nitrogens is 2. The van der Waals surface area contributed by atoms with Crippen molar-refractivity contribution in [3.8, 4) is 56.2 Å². The Morgan fingerprint density at radius 1 is 0.290 bits per heavy atom. The molecule has 0 aliphatic carbocycles. The smallest absolute Gasteiger partial charge is 0.160 e. The third-order valence-corrected chi connectivity index (χ3v) is 12.1. The molecule has 3 heteroatoms. The minimum absolute atomic E-state index is 0.668. The summed E-state index contributed by atoms with van der Waals surface area (Å²) in [7, 11) is 0. The number of nitrogens with zero attached hydrogens (tertiary/aromatic N) is 3. The van der Waals surface area contributed by atoms with Crippen LogP contribution in [-0.4, -0.2) is 9.97 Å². The molecule has 2 heterocycles. The molecule has 0 saturated heterocycles. The van der Waals surface area contributed by atoms with Crippen LogP contribution in [0.4, 0.5) is 17.1 Å². The fourth-order valence-electron chi connectivity index (χ4n) is 9.27. The summed E-state index contributed by atoms with van der Waals surface area (Å²) in [6.07, 6.45) is 0. The highest BCUT2D eigenvalue weighted by Crippen LogP contribution is 2.59. The predicted molar refractivity (Wildman–Crippen MR) is 256 cm³/mol. The molecule has 9 aromatic carbocycles. The molecular weight excluding hydrogens is 751 g/mol. The van der Waals surface area contributed by atoms with Gasteiger partial charge in [0.25, 0.3) is 0 Å². The van der Waals surface area contributed by atoms with Crippen LogP contribution in [0.5, 0.6) is 0 Å². The van der Waals surface area contributed by atoms with Crippen molar-refractivity contribution in [2.45, 2.75) is 5.41 Å². The maximum atomic E-state index is 5.24. The van der Waals surface area contributed by atoms with Crippen LogP contribution in [0.25, 0.3) is 56.2 Å². The number of hydrogen-bond acceptors (Lipinski definition) is 3. The lowest BCUT2D eigenvalue weighted by atomic mass is 9.62. The zero-order chi connectivity index (χ0) is 41.3. The molecule has 1 aromatic heterocycles. The molecule has 0 atom stereocenters. The molecule has 62 heavy (non-hydrogen) atoms. The quantitative estimate of drug-likeness (QED) is 0.153. The molecule has 3 nitrogen and oxygen atoms in total. The van der Waals surface area contributed by atoms with Crippen LogP contribution >= 0.6 is 0 Å². The van der Waals surface area contributed by atoms with E-state index in [0.29, 0.717) is 5.82 Å². The number of fused-ring (bicyclic) bond motifs is 2. The van der Waals surface area contributed by atoms with E-state index >= 15 is 0 Å². The van der Waals surface area contributed by atoms with E-state index in [1.54, 1.807) is 0 Å². The van der Waals surface area contributed by atoms with E-state index in [1.165, 1.54) is 44.5 Å². The second-order valence-corrected chi connectivity index (χ2v) is 15.8. The van der Waals surface area contributed by atoms with E-state index in [0.717, 1.165) is 45.1 Å². The van der Waals surface area contributed by atoms with Crippen molar-refractivity contribution in [3.63, 3.8) is 0 Å². The Balaban J connectivity index is 1.19. The lowest BCUT2D eigenvalue weighted by molar-refractivity contribution is 0.732. The molecule has 0 radical (unpaired) electrons. The van der Waals surface area contributed by atoms with Crippen LogP contribution in [0.3, 0.4) is 0 Å². The molecule has 1 aliphatic rings. The zero-order valence-electron chi connectivity index (χ0n) is 34.0. The van der Waals surface area contributed by atoms with E-state index < -0.39 is 5.41 Å². The number of rotatable bonds is 8. The van der Waals surface area contributed by atoms with E-state index in [9.17, 15) is 0 Å². The van der Waals surface area contributed by atoms with Crippen LogP contribution in [0, 0.1) is 0 Å². The first-order chi connectivity index (χ1) is 30.7. The van der Waals surface area contributed by atoms with Gasteiger partial charge < -0.3 is 4.90 Å². The van der Waals surface area contributed by atoms with Crippen molar-refractivity contribution in [2.75, 3.05) is 4.90 Å². The Bertz CT molecular complexity index is 2960. The van der Waals surface area contributed by atoms with Crippen molar-refractivity contribution < 1.29 is 0 Å². The highest BCUT2D eigenvalue weighted by atomic mass is 15.2. The summed E-state index contributed by atoms with van der Waals surface area (Å²) in [5.41, 5.74) is 16.9. The van der Waals surface area contributed by atoms with Crippen molar-refractivity contribution in [1.82, 2.24) is 9.97 Å². The third-order valence-electron chi connectivity index (χ3n) is 12.1. The Morgan fingerprint density at radius 3 is 1.18 bits per heavy atom. The van der Waals surface area contributed by atoms with Gasteiger partial charge in [-0.05, 0) is 87.0 Å². The molecule has 0 fully saturated rings. The molecule has 0 bridgehead atoms. The topological polar surface area (TPSA) is 29.0 Å². The Labute approximate surface area is 363 Å². The molecule has 11 rings (SSSR count). The fourth-order valence-corrected chi connectivity index (χ4v) is 9.27. The first kappa shape index (κ1) is 36.9. The van der Waals surface area contributed by atoms with E-state index in [1.807, 2.05) is 24.3 Å². The summed E-state index contributed by atoms with van der Waals surface area (Å²) in [5.74, 6) is 0.693. The Hall–Kier alpha value is -8.14. The normalized spacial score (nSPS) is 12.6. The van der Waals surface area contributed by atoms with Gasteiger partial charge >= 0.3 is 0 Å². The number of hydrogen-bond donors (Lipinski definition) is 0. The number of benzene rings is 9. The van der Waals surface area contributed by atoms with Gasteiger partial charge in [-0.3, -0.25) is 0 Å². The molecule has 10 aromatic rings. The SMILES string of the molecule is c1ccc(-c2ccc3c(c2)C(c2ccccc2)(c2ccccc2)c2cc(-c4ccccc4)ccc2N3c2cccc(-c3cc(-c4ccccc4)nc(-c4ccccc4)n3)c2)cc1. The molecule has 1 aliphatic heterocycles. The summed E-state index contributed by atoms with van der Waals surface area (Å²) >= 11 is 0. The molecule has 0 N–H and O–H groups in total. The maximum Gasteiger partial charge on any atom is 0.160 e. The summed E-state index contributed by atoms with van der Waals surface area (Å²) in [4.78, 5) is 12.8. The Morgan fingerprint density at radius 2 is 0.694 bits per heavy atom. The summed E-state index contributed by atoms with van der Waals surface area (Å²) < 4.78 is 0. The van der Waals surface area contributed by atoms with Crippen LogP contribution in [0.15, 0.2) is 249 Å². The minimum Gasteiger partial charge on any atom is -0.310 e. The molecule has 0 amide bonds. The van der Waals surface area contributed by atoms with Gasteiger partial charge in [-0.2, -0.15) is 0 Å². The molecule has 0 saturated carbocycles. The maximum absolute atomic E-state index is 5.24. The van der Waals surface area contributed by atoms with Crippen LogP contribution in [-0.2, 0) is 5.41 Å². The monoisotopic (exact) mass is 791 g/mol. The average Bonchev–Trinajstić information content (AvgIpc) is 3.37. The largest absolute Gasteiger partial charge is 0.310 e.